The third kappa shape index (κ3) is 13.0. The van der Waals surface area contributed by atoms with Crippen LogP contribution in [0.15, 0.2) is 0 Å². The van der Waals surface area contributed by atoms with Gasteiger partial charge in [-0.1, -0.05) is 84.2 Å². The third-order valence-electron chi connectivity index (χ3n) is 3.83. The molecule has 4 heteroatoms. The first-order valence-corrected chi connectivity index (χ1v) is 11.8. The van der Waals surface area contributed by atoms with E-state index in [9.17, 15) is 4.79 Å². The summed E-state index contributed by atoms with van der Waals surface area (Å²) in [5, 5.41) is 0. The summed E-state index contributed by atoms with van der Waals surface area (Å²) in [7, 11) is -0.950. The van der Waals surface area contributed by atoms with Crippen LogP contribution in [0, 0.1) is 0 Å². The van der Waals surface area contributed by atoms with Crippen molar-refractivity contribution in [2.75, 3.05) is 0 Å². The van der Waals surface area contributed by atoms with Crippen molar-refractivity contribution >= 4 is 25.8 Å². The number of carbonyl (C=O) groups is 1. The summed E-state index contributed by atoms with van der Waals surface area (Å²) in [5.41, 5.74) is -0.516. The predicted molar refractivity (Wildman–Crippen MR) is 91.5 cm³/mol. The minimum Gasteiger partial charge on any atom is -0.455 e. The summed E-state index contributed by atoms with van der Waals surface area (Å²) in [6.45, 7) is 6.68. The van der Waals surface area contributed by atoms with Crippen molar-refractivity contribution in [3.63, 3.8) is 0 Å². The van der Waals surface area contributed by atoms with Crippen molar-refractivity contribution in [1.82, 2.24) is 0 Å². The van der Waals surface area contributed by atoms with Crippen molar-refractivity contribution in [3.05, 3.63) is 0 Å². The summed E-state index contributed by atoms with van der Waals surface area (Å²) < 4.78 is 5.18. The Balaban J connectivity index is 3.39. The summed E-state index contributed by atoms with van der Waals surface area (Å²) in [4.78, 5) is 10.8. The van der Waals surface area contributed by atoms with E-state index in [0.717, 1.165) is 12.8 Å². The van der Waals surface area contributed by atoms with Gasteiger partial charge in [0.15, 0.2) is 0 Å². The maximum Gasteiger partial charge on any atom is 0.403 e. The van der Waals surface area contributed by atoms with E-state index in [1.54, 1.807) is 0 Å². The van der Waals surface area contributed by atoms with Crippen LogP contribution in [0.5, 0.6) is 0 Å². The molecule has 0 saturated heterocycles. The van der Waals surface area contributed by atoms with Gasteiger partial charge in [0.2, 0.25) is 0 Å². The average Bonchev–Trinajstić information content (AvgIpc) is 2.39. The van der Waals surface area contributed by atoms with Gasteiger partial charge in [-0.25, -0.2) is 4.79 Å². The van der Waals surface area contributed by atoms with Crippen LogP contribution in [0.1, 0.15) is 77.6 Å². The van der Waals surface area contributed by atoms with Gasteiger partial charge in [0, 0.05) is 11.6 Å². The molecule has 0 spiro atoms. The van der Waals surface area contributed by atoms with Gasteiger partial charge in [-0.15, -0.1) is 0 Å². The lowest BCUT2D eigenvalue weighted by molar-refractivity contribution is 0.150. The van der Waals surface area contributed by atoms with Crippen molar-refractivity contribution in [3.8, 4) is 0 Å². The van der Waals surface area contributed by atoms with Crippen molar-refractivity contribution < 1.29 is 9.53 Å². The van der Waals surface area contributed by atoms with E-state index in [0.29, 0.717) is 0 Å². The lowest BCUT2D eigenvalue weighted by Crippen LogP contribution is -2.28. The Kier molecular flexibility index (Phi) is 13.9. The van der Waals surface area contributed by atoms with E-state index in [1.165, 1.54) is 57.8 Å². The molecule has 1 unspecified atom stereocenters. The van der Waals surface area contributed by atoms with Crippen LogP contribution in [0.4, 0.5) is 4.79 Å². The fraction of sp³-hybridized carbons (Fsp3) is 0.938. The molecule has 0 aliphatic rings. The topological polar surface area (TPSA) is 26.3 Å². The highest BCUT2D eigenvalue weighted by Crippen LogP contribution is 2.14. The fourth-order valence-corrected chi connectivity index (χ4v) is 3.98. The number of hydrogen-bond donors (Lipinski definition) is 0. The van der Waals surface area contributed by atoms with Gasteiger partial charge in [0.05, 0.1) is 14.5 Å². The fourth-order valence-electron chi connectivity index (χ4n) is 2.48. The molecule has 20 heavy (non-hydrogen) atoms. The van der Waals surface area contributed by atoms with Crippen LogP contribution < -0.4 is 0 Å². The van der Waals surface area contributed by atoms with Gasteiger partial charge in [-0.3, -0.25) is 0 Å². The molecule has 2 nitrogen and oxygen atoms in total. The molecular weight excluding hydrogens is 288 g/mol. The smallest absolute Gasteiger partial charge is 0.403 e. The zero-order valence-corrected chi connectivity index (χ0v) is 15.5. The SMILES string of the molecule is CCCCCCCCCCCCC(OC(=O)Cl)[SiH](C)C. The van der Waals surface area contributed by atoms with Gasteiger partial charge in [-0.05, 0) is 6.42 Å². The zero-order valence-electron chi connectivity index (χ0n) is 13.6. The molecule has 0 aromatic heterocycles. The standard InChI is InChI=1S/C16H33ClO2Si/c1-4-5-6-7-8-9-10-11-12-13-14-15(20(2)3)19-16(17)18/h15,20H,4-14H2,1-3H3. The molecule has 1 atom stereocenters. The van der Waals surface area contributed by atoms with Gasteiger partial charge in [0.1, 0.15) is 0 Å². The number of halogens is 1. The van der Waals surface area contributed by atoms with E-state index < -0.39 is 14.2 Å². The Morgan fingerprint density at radius 3 is 1.80 bits per heavy atom. The molecule has 0 fully saturated rings. The molecule has 0 rings (SSSR count). The molecule has 0 aromatic rings. The number of carbonyl (C=O) groups excluding carboxylic acids is 1. The minimum atomic E-state index is -0.950. The summed E-state index contributed by atoms with van der Waals surface area (Å²) in [6.07, 6.45) is 14.4. The van der Waals surface area contributed by atoms with E-state index >= 15 is 0 Å². The molecule has 0 N–H and O–H groups in total. The van der Waals surface area contributed by atoms with Crippen LogP contribution in [-0.4, -0.2) is 20.0 Å². The minimum absolute atomic E-state index is 0.119. The van der Waals surface area contributed by atoms with Gasteiger partial charge in [0.25, 0.3) is 0 Å². The van der Waals surface area contributed by atoms with Crippen molar-refractivity contribution in [1.29, 1.82) is 0 Å². The maximum atomic E-state index is 10.8. The largest absolute Gasteiger partial charge is 0.455 e. The van der Waals surface area contributed by atoms with E-state index in [1.807, 2.05) is 0 Å². The first-order chi connectivity index (χ1) is 9.57. The summed E-state index contributed by atoms with van der Waals surface area (Å²) in [5.74, 6) is 0. The molecule has 0 heterocycles. The van der Waals surface area contributed by atoms with Gasteiger partial charge < -0.3 is 4.74 Å². The number of ether oxygens (including phenoxy) is 1. The van der Waals surface area contributed by atoms with Crippen LogP contribution in [0.3, 0.4) is 0 Å². The van der Waals surface area contributed by atoms with Crippen molar-refractivity contribution in [2.24, 2.45) is 0 Å². The van der Waals surface area contributed by atoms with Gasteiger partial charge in [-0.2, -0.15) is 0 Å². The van der Waals surface area contributed by atoms with Gasteiger partial charge >= 0.3 is 5.43 Å². The first-order valence-electron chi connectivity index (χ1n) is 8.44. The van der Waals surface area contributed by atoms with E-state index in [-0.39, 0.29) is 5.73 Å². The lowest BCUT2D eigenvalue weighted by Gasteiger charge is -2.18. The molecule has 0 saturated carbocycles. The van der Waals surface area contributed by atoms with E-state index in [4.69, 9.17) is 16.3 Å². The molecule has 0 amide bonds. The van der Waals surface area contributed by atoms with Crippen LogP contribution in [0.25, 0.3) is 0 Å². The Labute approximate surface area is 132 Å². The Hall–Kier alpha value is -0.0231. The zero-order chi connectivity index (χ0) is 15.2. The highest BCUT2D eigenvalue weighted by molar-refractivity contribution is 6.62. The van der Waals surface area contributed by atoms with Crippen LogP contribution >= 0.6 is 11.6 Å². The lowest BCUT2D eigenvalue weighted by atomic mass is 10.1. The monoisotopic (exact) mass is 320 g/mol. The normalized spacial score (nSPS) is 12.7. The highest BCUT2D eigenvalue weighted by atomic mass is 35.5. The molecule has 0 aliphatic carbocycles. The Morgan fingerprint density at radius 1 is 0.950 bits per heavy atom. The number of rotatable bonds is 13. The average molecular weight is 321 g/mol. The van der Waals surface area contributed by atoms with Crippen molar-refractivity contribution in [2.45, 2.75) is 96.4 Å². The maximum absolute atomic E-state index is 10.8. The molecule has 0 radical (unpaired) electrons. The second-order valence-electron chi connectivity index (χ2n) is 6.11. The second-order valence-corrected chi connectivity index (χ2v) is 9.65. The molecular formula is C16H33ClO2Si. The predicted octanol–water partition coefficient (Wildman–Crippen LogP) is 6.07. The third-order valence-corrected chi connectivity index (χ3v) is 5.88. The number of unbranched alkanes of at least 4 members (excludes halogenated alkanes) is 9. The Morgan fingerprint density at radius 2 is 1.40 bits per heavy atom. The number of hydrogen-bond acceptors (Lipinski definition) is 2. The molecule has 0 aliphatic heterocycles. The highest BCUT2D eigenvalue weighted by Gasteiger charge is 2.17. The first kappa shape index (κ1) is 20.0. The molecule has 120 valence electrons. The quantitative estimate of drug-likeness (QED) is 0.234. The Bertz CT molecular complexity index is 235. The second kappa shape index (κ2) is 13.9. The van der Waals surface area contributed by atoms with Crippen LogP contribution in [-0.2, 0) is 4.74 Å². The van der Waals surface area contributed by atoms with E-state index in [2.05, 4.69) is 20.0 Å². The molecule has 0 aromatic carbocycles. The summed E-state index contributed by atoms with van der Waals surface area (Å²) in [6, 6.07) is 0. The molecule has 0 bridgehead atoms. The van der Waals surface area contributed by atoms with Crippen LogP contribution in [0.2, 0.25) is 13.1 Å². The summed E-state index contributed by atoms with van der Waals surface area (Å²) >= 11 is 5.31.